The van der Waals surface area contributed by atoms with Crippen molar-refractivity contribution in [3.8, 4) is 0 Å². The van der Waals surface area contributed by atoms with Gasteiger partial charge in [-0.25, -0.2) is 9.37 Å². The molecule has 0 fully saturated rings. The number of imidazole rings is 1. The van der Waals surface area contributed by atoms with E-state index in [1.807, 2.05) is 24.3 Å². The SMILES string of the molecule is Cc1ccc(NC(=S)NCc2nc3ccccc3[nH]2)cc1F. The Balaban J connectivity index is 1.60. The lowest BCUT2D eigenvalue weighted by Gasteiger charge is -2.10. The van der Waals surface area contributed by atoms with Crippen LogP contribution < -0.4 is 10.6 Å². The van der Waals surface area contributed by atoms with Gasteiger partial charge in [-0.05, 0) is 49.0 Å². The number of aromatic amines is 1. The van der Waals surface area contributed by atoms with Crippen LogP contribution >= 0.6 is 12.2 Å². The van der Waals surface area contributed by atoms with E-state index in [0.29, 0.717) is 22.9 Å². The predicted octanol–water partition coefficient (Wildman–Crippen LogP) is 3.50. The molecule has 0 bridgehead atoms. The van der Waals surface area contributed by atoms with Crippen molar-refractivity contribution in [2.75, 3.05) is 5.32 Å². The van der Waals surface area contributed by atoms with Crippen LogP contribution in [0.15, 0.2) is 42.5 Å². The molecule has 0 aliphatic heterocycles. The Hall–Kier alpha value is -2.47. The molecule has 1 heterocycles. The van der Waals surface area contributed by atoms with Crippen molar-refractivity contribution >= 4 is 34.1 Å². The molecule has 3 aromatic rings. The summed E-state index contributed by atoms with van der Waals surface area (Å²) >= 11 is 5.21. The highest BCUT2D eigenvalue weighted by Gasteiger charge is 2.04. The molecule has 0 saturated heterocycles. The van der Waals surface area contributed by atoms with Crippen molar-refractivity contribution in [2.24, 2.45) is 0 Å². The third-order valence-electron chi connectivity index (χ3n) is 3.28. The normalized spacial score (nSPS) is 10.6. The molecule has 0 aliphatic carbocycles. The molecule has 0 amide bonds. The van der Waals surface area contributed by atoms with Gasteiger partial charge in [-0.3, -0.25) is 0 Å². The predicted molar refractivity (Wildman–Crippen MR) is 90.3 cm³/mol. The van der Waals surface area contributed by atoms with E-state index in [1.54, 1.807) is 19.1 Å². The molecule has 0 atom stereocenters. The minimum absolute atomic E-state index is 0.259. The van der Waals surface area contributed by atoms with Crippen LogP contribution in [0.3, 0.4) is 0 Å². The van der Waals surface area contributed by atoms with Crippen molar-refractivity contribution in [3.05, 3.63) is 59.7 Å². The van der Waals surface area contributed by atoms with Crippen LogP contribution in [0.1, 0.15) is 11.4 Å². The Morgan fingerprint density at radius 1 is 1.27 bits per heavy atom. The van der Waals surface area contributed by atoms with Gasteiger partial charge < -0.3 is 15.6 Å². The highest BCUT2D eigenvalue weighted by molar-refractivity contribution is 7.80. The van der Waals surface area contributed by atoms with E-state index in [2.05, 4.69) is 20.6 Å². The first-order chi connectivity index (χ1) is 10.6. The van der Waals surface area contributed by atoms with Crippen LogP contribution in [0.4, 0.5) is 10.1 Å². The number of nitrogens with one attached hydrogen (secondary N) is 3. The summed E-state index contributed by atoms with van der Waals surface area (Å²) in [6, 6.07) is 12.7. The molecule has 2 aromatic carbocycles. The largest absolute Gasteiger partial charge is 0.355 e. The Labute approximate surface area is 132 Å². The van der Waals surface area contributed by atoms with Gasteiger partial charge in [0.25, 0.3) is 0 Å². The second-order valence-electron chi connectivity index (χ2n) is 4.97. The van der Waals surface area contributed by atoms with E-state index in [1.165, 1.54) is 6.07 Å². The lowest BCUT2D eigenvalue weighted by molar-refractivity contribution is 0.619. The van der Waals surface area contributed by atoms with Crippen molar-refractivity contribution in [3.63, 3.8) is 0 Å². The molecule has 0 unspecified atom stereocenters. The van der Waals surface area contributed by atoms with Gasteiger partial charge in [-0.1, -0.05) is 18.2 Å². The number of H-pyrrole nitrogens is 1. The number of benzene rings is 2. The van der Waals surface area contributed by atoms with Gasteiger partial charge in [0.05, 0.1) is 17.6 Å². The van der Waals surface area contributed by atoms with Crippen molar-refractivity contribution in [2.45, 2.75) is 13.5 Å². The van der Waals surface area contributed by atoms with Gasteiger partial charge in [0.15, 0.2) is 5.11 Å². The lowest BCUT2D eigenvalue weighted by Crippen LogP contribution is -2.28. The number of hydrogen-bond acceptors (Lipinski definition) is 2. The number of nitrogens with zero attached hydrogens (tertiary/aromatic N) is 1. The summed E-state index contributed by atoms with van der Waals surface area (Å²) in [5, 5.41) is 6.42. The van der Waals surface area contributed by atoms with E-state index in [-0.39, 0.29) is 5.82 Å². The van der Waals surface area contributed by atoms with E-state index >= 15 is 0 Å². The molecule has 0 aliphatic rings. The van der Waals surface area contributed by atoms with Gasteiger partial charge in [-0.2, -0.15) is 0 Å². The van der Waals surface area contributed by atoms with E-state index in [4.69, 9.17) is 12.2 Å². The highest BCUT2D eigenvalue weighted by Crippen LogP contribution is 2.13. The molecular weight excluding hydrogens is 299 g/mol. The Bertz CT molecular complexity index is 795. The lowest BCUT2D eigenvalue weighted by atomic mass is 10.2. The summed E-state index contributed by atoms with van der Waals surface area (Å²) in [6.07, 6.45) is 0. The van der Waals surface area contributed by atoms with Crippen molar-refractivity contribution in [1.82, 2.24) is 15.3 Å². The van der Waals surface area contributed by atoms with Crippen LogP contribution in [0.5, 0.6) is 0 Å². The summed E-state index contributed by atoms with van der Waals surface area (Å²) in [4.78, 5) is 7.66. The number of thiocarbonyl (C=S) groups is 1. The molecule has 112 valence electrons. The number of hydrogen-bond donors (Lipinski definition) is 3. The first-order valence-corrected chi connectivity index (χ1v) is 7.27. The number of rotatable bonds is 3. The quantitative estimate of drug-likeness (QED) is 0.648. The molecule has 0 spiro atoms. The molecule has 22 heavy (non-hydrogen) atoms. The zero-order valence-electron chi connectivity index (χ0n) is 12.0. The Morgan fingerprint density at radius 2 is 2.09 bits per heavy atom. The van der Waals surface area contributed by atoms with Crippen molar-refractivity contribution in [1.29, 1.82) is 0 Å². The fraction of sp³-hybridized carbons (Fsp3) is 0.125. The number of aryl methyl sites for hydroxylation is 1. The minimum Gasteiger partial charge on any atom is -0.355 e. The summed E-state index contributed by atoms with van der Waals surface area (Å²) in [7, 11) is 0. The van der Waals surface area contributed by atoms with Crippen LogP contribution in [-0.4, -0.2) is 15.1 Å². The molecule has 3 N–H and O–H groups in total. The van der Waals surface area contributed by atoms with Gasteiger partial charge in [0.1, 0.15) is 11.6 Å². The first kappa shape index (κ1) is 14.5. The maximum absolute atomic E-state index is 13.5. The van der Waals surface area contributed by atoms with Crippen molar-refractivity contribution < 1.29 is 4.39 Å². The van der Waals surface area contributed by atoms with Crippen LogP contribution in [0, 0.1) is 12.7 Å². The maximum Gasteiger partial charge on any atom is 0.171 e. The minimum atomic E-state index is -0.259. The third-order valence-corrected chi connectivity index (χ3v) is 3.53. The standard InChI is InChI=1S/C16H15FN4S/c1-10-6-7-11(8-12(10)17)19-16(22)18-9-15-20-13-4-2-3-5-14(13)21-15/h2-8H,9H2,1H3,(H,20,21)(H2,18,19,22). The molecule has 0 saturated carbocycles. The Morgan fingerprint density at radius 3 is 2.86 bits per heavy atom. The molecule has 0 radical (unpaired) electrons. The summed E-state index contributed by atoms with van der Waals surface area (Å²) < 4.78 is 13.5. The summed E-state index contributed by atoms with van der Waals surface area (Å²) in [6.45, 7) is 2.19. The second-order valence-corrected chi connectivity index (χ2v) is 5.38. The monoisotopic (exact) mass is 314 g/mol. The molecule has 6 heteroatoms. The van der Waals surface area contributed by atoms with E-state index in [0.717, 1.165) is 16.9 Å². The van der Waals surface area contributed by atoms with Crippen LogP contribution in [-0.2, 0) is 6.54 Å². The molecule has 3 rings (SSSR count). The highest BCUT2D eigenvalue weighted by atomic mass is 32.1. The number of para-hydroxylation sites is 2. The fourth-order valence-electron chi connectivity index (χ4n) is 2.10. The van der Waals surface area contributed by atoms with Gasteiger partial charge >= 0.3 is 0 Å². The van der Waals surface area contributed by atoms with Gasteiger partial charge in [0, 0.05) is 5.69 Å². The molecule has 4 nitrogen and oxygen atoms in total. The number of fused-ring (bicyclic) bond motifs is 1. The zero-order valence-corrected chi connectivity index (χ0v) is 12.8. The molecule has 1 aromatic heterocycles. The summed E-state index contributed by atoms with van der Waals surface area (Å²) in [5.41, 5.74) is 3.12. The summed E-state index contributed by atoms with van der Waals surface area (Å²) in [5.74, 6) is 0.533. The average Bonchev–Trinajstić information content (AvgIpc) is 2.92. The van der Waals surface area contributed by atoms with E-state index < -0.39 is 0 Å². The number of aromatic nitrogens is 2. The topological polar surface area (TPSA) is 52.7 Å². The maximum atomic E-state index is 13.5. The molecular formula is C16H15FN4S. The number of halogens is 1. The Kier molecular flexibility index (Phi) is 4.02. The zero-order chi connectivity index (χ0) is 15.5. The smallest absolute Gasteiger partial charge is 0.171 e. The third kappa shape index (κ3) is 3.23. The second kappa shape index (κ2) is 6.11. The fourth-order valence-corrected chi connectivity index (χ4v) is 2.29. The van der Waals surface area contributed by atoms with Crippen LogP contribution in [0.2, 0.25) is 0 Å². The number of anilines is 1. The van der Waals surface area contributed by atoms with Gasteiger partial charge in [-0.15, -0.1) is 0 Å². The van der Waals surface area contributed by atoms with Crippen LogP contribution in [0.25, 0.3) is 11.0 Å². The van der Waals surface area contributed by atoms with E-state index in [9.17, 15) is 4.39 Å². The van der Waals surface area contributed by atoms with Gasteiger partial charge in [0.2, 0.25) is 0 Å². The average molecular weight is 314 g/mol. The first-order valence-electron chi connectivity index (χ1n) is 6.86.